The van der Waals surface area contributed by atoms with Crippen LogP contribution in [0.4, 0.5) is 0 Å². The van der Waals surface area contributed by atoms with Gasteiger partial charge in [0.2, 0.25) is 5.91 Å². The number of carbonyl (C=O) groups excluding carboxylic acids is 1. The highest BCUT2D eigenvalue weighted by Crippen LogP contribution is 2.24. The number of ether oxygens (including phenoxy) is 2. The van der Waals surface area contributed by atoms with Crippen molar-refractivity contribution in [2.24, 2.45) is 0 Å². The quantitative estimate of drug-likeness (QED) is 0.0293. The fourth-order valence-electron chi connectivity index (χ4n) is 10.00. The van der Waals surface area contributed by atoms with E-state index in [1.54, 1.807) is 0 Å². The van der Waals surface area contributed by atoms with E-state index in [1.165, 1.54) is 238 Å². The molecular weight excluding hydrogens is 855 g/mol. The summed E-state index contributed by atoms with van der Waals surface area (Å²) in [5.74, 6) is -0.576. The van der Waals surface area contributed by atoms with E-state index in [0.717, 1.165) is 38.5 Å². The van der Waals surface area contributed by atoms with Crippen LogP contribution in [0.25, 0.3) is 0 Å². The zero-order valence-corrected chi connectivity index (χ0v) is 44.8. The standard InChI is InChI=1S/C58H115NO9/c1-3-5-7-9-11-13-15-17-19-20-21-22-23-24-25-26-27-28-29-30-31-33-35-37-39-41-43-45-47-52(62)57(66)59-50(49-67-58-56(65)55(64)54(63)53(48-60)68-58)51(61)46-44-42-40-38-36-34-32-18-16-14-12-10-8-6-4-2/h50-56,58,60-65H,3-49H2,1-2H3,(H,59,66). The van der Waals surface area contributed by atoms with Gasteiger partial charge in [-0.2, -0.15) is 0 Å². The number of nitrogens with one attached hydrogen (secondary N) is 1. The minimum absolute atomic E-state index is 0.249. The fourth-order valence-corrected chi connectivity index (χ4v) is 10.00. The molecule has 1 heterocycles. The lowest BCUT2D eigenvalue weighted by atomic mass is 9.99. The molecule has 0 bridgehead atoms. The van der Waals surface area contributed by atoms with Gasteiger partial charge in [0.1, 0.15) is 30.5 Å². The van der Waals surface area contributed by atoms with Crippen molar-refractivity contribution >= 4 is 5.91 Å². The van der Waals surface area contributed by atoms with Crippen molar-refractivity contribution in [2.45, 2.75) is 352 Å². The molecule has 0 aromatic rings. The van der Waals surface area contributed by atoms with E-state index in [9.17, 15) is 35.4 Å². The summed E-state index contributed by atoms with van der Waals surface area (Å²) in [6.07, 6.45) is 47.5. The highest BCUT2D eigenvalue weighted by atomic mass is 16.7. The molecule has 406 valence electrons. The van der Waals surface area contributed by atoms with Gasteiger partial charge >= 0.3 is 0 Å². The van der Waals surface area contributed by atoms with E-state index >= 15 is 0 Å². The molecule has 68 heavy (non-hydrogen) atoms. The maximum absolute atomic E-state index is 13.1. The van der Waals surface area contributed by atoms with E-state index in [4.69, 9.17) is 9.47 Å². The summed E-state index contributed by atoms with van der Waals surface area (Å²) in [6, 6.07) is -0.889. The number of rotatable bonds is 52. The molecule has 10 heteroatoms. The molecule has 8 atom stereocenters. The normalized spacial score (nSPS) is 19.9. The van der Waals surface area contributed by atoms with Crippen LogP contribution in [0.2, 0.25) is 0 Å². The Hall–Kier alpha value is -0.850. The molecule has 1 rings (SSSR count). The molecule has 1 amide bonds. The Morgan fingerprint density at radius 3 is 1.04 bits per heavy atom. The molecule has 1 saturated heterocycles. The van der Waals surface area contributed by atoms with Crippen molar-refractivity contribution in [2.75, 3.05) is 13.2 Å². The van der Waals surface area contributed by atoms with Gasteiger partial charge in [0, 0.05) is 0 Å². The maximum Gasteiger partial charge on any atom is 0.249 e. The zero-order valence-electron chi connectivity index (χ0n) is 44.8. The second-order valence-electron chi connectivity index (χ2n) is 21.3. The van der Waals surface area contributed by atoms with E-state index in [-0.39, 0.29) is 6.61 Å². The average molecular weight is 971 g/mol. The Morgan fingerprint density at radius 2 is 0.735 bits per heavy atom. The number of hydrogen-bond donors (Lipinski definition) is 7. The molecule has 0 spiro atoms. The zero-order chi connectivity index (χ0) is 49.6. The summed E-state index contributed by atoms with van der Waals surface area (Å²) in [5.41, 5.74) is 0. The first-order valence-corrected chi connectivity index (χ1v) is 29.8. The van der Waals surface area contributed by atoms with Crippen LogP contribution in [0, 0.1) is 0 Å². The summed E-state index contributed by atoms with van der Waals surface area (Å²) in [5, 5.41) is 65.2. The van der Waals surface area contributed by atoms with Crippen LogP contribution < -0.4 is 5.32 Å². The van der Waals surface area contributed by atoms with Crippen LogP contribution in [0.1, 0.15) is 303 Å². The average Bonchev–Trinajstić information content (AvgIpc) is 3.34. The summed E-state index contributed by atoms with van der Waals surface area (Å²) < 4.78 is 11.2. The van der Waals surface area contributed by atoms with Gasteiger partial charge in [-0.05, 0) is 12.8 Å². The Kier molecular flexibility index (Phi) is 46.4. The highest BCUT2D eigenvalue weighted by Gasteiger charge is 2.44. The molecule has 8 unspecified atom stereocenters. The van der Waals surface area contributed by atoms with Crippen LogP contribution in [-0.4, -0.2) is 98.7 Å². The van der Waals surface area contributed by atoms with E-state index in [1.807, 2.05) is 0 Å². The third-order valence-electron chi connectivity index (χ3n) is 14.8. The monoisotopic (exact) mass is 970 g/mol. The van der Waals surface area contributed by atoms with E-state index in [2.05, 4.69) is 19.2 Å². The molecule has 0 aliphatic carbocycles. The van der Waals surface area contributed by atoms with Crippen molar-refractivity contribution in [1.29, 1.82) is 0 Å². The minimum atomic E-state index is -1.59. The third kappa shape index (κ3) is 37.0. The number of amides is 1. The predicted molar refractivity (Wildman–Crippen MR) is 283 cm³/mol. The van der Waals surface area contributed by atoms with Crippen LogP contribution in [-0.2, 0) is 14.3 Å². The third-order valence-corrected chi connectivity index (χ3v) is 14.8. The van der Waals surface area contributed by atoms with Gasteiger partial charge in [0.15, 0.2) is 6.29 Å². The summed E-state index contributed by atoms with van der Waals surface area (Å²) in [7, 11) is 0. The number of aliphatic hydroxyl groups is 6. The van der Waals surface area contributed by atoms with Crippen molar-refractivity contribution in [3.05, 3.63) is 0 Å². The molecule has 1 fully saturated rings. The summed E-state index contributed by atoms with van der Waals surface area (Å²) in [6.45, 7) is 3.72. The van der Waals surface area contributed by atoms with Crippen LogP contribution in [0.5, 0.6) is 0 Å². The molecule has 7 N–H and O–H groups in total. The summed E-state index contributed by atoms with van der Waals surface area (Å²) in [4.78, 5) is 13.1. The molecule has 0 aromatic carbocycles. The van der Waals surface area contributed by atoms with Crippen molar-refractivity contribution in [3.8, 4) is 0 Å². The number of carbonyl (C=O) groups is 1. The first-order chi connectivity index (χ1) is 33.3. The number of aliphatic hydroxyl groups excluding tert-OH is 6. The first kappa shape index (κ1) is 65.2. The Balaban J connectivity index is 2.17. The minimum Gasteiger partial charge on any atom is -0.394 e. The molecule has 1 aliphatic rings. The molecular formula is C58H115NO9. The van der Waals surface area contributed by atoms with Crippen LogP contribution in [0.3, 0.4) is 0 Å². The van der Waals surface area contributed by atoms with Crippen LogP contribution >= 0.6 is 0 Å². The lowest BCUT2D eigenvalue weighted by Crippen LogP contribution is -2.60. The van der Waals surface area contributed by atoms with Gasteiger partial charge in [-0.25, -0.2) is 0 Å². The molecule has 0 radical (unpaired) electrons. The molecule has 0 aromatic heterocycles. The van der Waals surface area contributed by atoms with E-state index in [0.29, 0.717) is 12.8 Å². The Morgan fingerprint density at radius 1 is 0.441 bits per heavy atom. The lowest BCUT2D eigenvalue weighted by Gasteiger charge is -2.40. The van der Waals surface area contributed by atoms with Gasteiger partial charge in [-0.3, -0.25) is 4.79 Å². The first-order valence-electron chi connectivity index (χ1n) is 29.8. The van der Waals surface area contributed by atoms with Gasteiger partial charge in [-0.15, -0.1) is 0 Å². The van der Waals surface area contributed by atoms with Crippen LogP contribution in [0.15, 0.2) is 0 Å². The second-order valence-corrected chi connectivity index (χ2v) is 21.3. The smallest absolute Gasteiger partial charge is 0.249 e. The van der Waals surface area contributed by atoms with Gasteiger partial charge < -0.3 is 45.4 Å². The lowest BCUT2D eigenvalue weighted by molar-refractivity contribution is -0.302. The van der Waals surface area contributed by atoms with Crippen molar-refractivity contribution in [1.82, 2.24) is 5.32 Å². The Labute approximate surface area is 419 Å². The topological polar surface area (TPSA) is 169 Å². The summed E-state index contributed by atoms with van der Waals surface area (Å²) >= 11 is 0. The number of hydrogen-bond acceptors (Lipinski definition) is 9. The highest BCUT2D eigenvalue weighted by molar-refractivity contribution is 5.80. The van der Waals surface area contributed by atoms with E-state index < -0.39 is 61.5 Å². The number of unbranched alkanes of at least 4 members (excludes halogenated alkanes) is 41. The fraction of sp³-hybridized carbons (Fsp3) is 0.983. The Bertz CT molecular complexity index is 1050. The molecule has 10 nitrogen and oxygen atoms in total. The van der Waals surface area contributed by atoms with Crippen molar-refractivity contribution < 1.29 is 44.9 Å². The predicted octanol–water partition coefficient (Wildman–Crippen LogP) is 13.6. The molecule has 0 saturated carbocycles. The maximum atomic E-state index is 13.1. The SMILES string of the molecule is CCCCCCCCCCCCCCCCCCCCCCCCCCCCCCC(O)C(=O)NC(COC1OC(CO)C(O)C(O)C1O)C(O)CCCCCCCCCCCCCCCCC. The molecule has 1 aliphatic heterocycles. The second kappa shape index (κ2) is 48.4. The van der Waals surface area contributed by atoms with Gasteiger partial charge in [-0.1, -0.05) is 290 Å². The van der Waals surface area contributed by atoms with Gasteiger partial charge in [0.25, 0.3) is 0 Å². The van der Waals surface area contributed by atoms with Gasteiger partial charge in [0.05, 0.1) is 25.4 Å². The largest absolute Gasteiger partial charge is 0.394 e. The van der Waals surface area contributed by atoms with Crippen molar-refractivity contribution in [3.63, 3.8) is 0 Å².